The highest BCUT2D eigenvalue weighted by Crippen LogP contribution is 2.15. The van der Waals surface area contributed by atoms with E-state index in [2.05, 4.69) is 14.8 Å². The first-order valence-corrected chi connectivity index (χ1v) is 9.05. The molecule has 2 fully saturated rings. The highest BCUT2D eigenvalue weighted by molar-refractivity contribution is 5.89. The van der Waals surface area contributed by atoms with Crippen molar-refractivity contribution in [2.45, 2.75) is 19.8 Å². The minimum atomic E-state index is -0.341. The lowest BCUT2D eigenvalue weighted by Crippen LogP contribution is -2.50. The predicted molar refractivity (Wildman–Crippen MR) is 94.7 cm³/mol. The van der Waals surface area contributed by atoms with E-state index in [1.165, 1.54) is 0 Å². The number of rotatable bonds is 5. The van der Waals surface area contributed by atoms with E-state index in [0.717, 1.165) is 57.9 Å². The lowest BCUT2D eigenvalue weighted by molar-refractivity contribution is -0.131. The van der Waals surface area contributed by atoms with Crippen molar-refractivity contribution >= 4 is 17.7 Å². The molecule has 3 heterocycles. The Balaban J connectivity index is 1.48. The van der Waals surface area contributed by atoms with Gasteiger partial charge in [-0.15, -0.1) is 0 Å². The van der Waals surface area contributed by atoms with Crippen LogP contribution in [0, 0.1) is 0 Å². The first-order valence-electron chi connectivity index (χ1n) is 9.05. The molecule has 7 nitrogen and oxygen atoms in total. The highest BCUT2D eigenvalue weighted by atomic mass is 16.5. The fourth-order valence-corrected chi connectivity index (χ4v) is 3.30. The maximum absolute atomic E-state index is 12.2. The van der Waals surface area contributed by atoms with Gasteiger partial charge in [0.05, 0.1) is 18.7 Å². The van der Waals surface area contributed by atoms with Crippen LogP contribution in [0.2, 0.25) is 0 Å². The zero-order valence-electron chi connectivity index (χ0n) is 14.8. The monoisotopic (exact) mass is 346 g/mol. The molecule has 25 heavy (non-hydrogen) atoms. The van der Waals surface area contributed by atoms with Gasteiger partial charge in [-0.25, -0.2) is 9.78 Å². The third-order valence-electron chi connectivity index (χ3n) is 4.77. The van der Waals surface area contributed by atoms with E-state index in [9.17, 15) is 9.59 Å². The van der Waals surface area contributed by atoms with Gasteiger partial charge in [0, 0.05) is 45.5 Å². The minimum absolute atomic E-state index is 0.253. The molecule has 0 aliphatic carbocycles. The number of pyridine rings is 1. The van der Waals surface area contributed by atoms with Crippen LogP contribution in [0.5, 0.6) is 0 Å². The topological polar surface area (TPSA) is 66.0 Å². The molecule has 2 aliphatic rings. The molecule has 1 amide bonds. The number of carbonyl (C=O) groups is 2. The summed E-state index contributed by atoms with van der Waals surface area (Å²) in [6, 6.07) is 3.61. The molecule has 0 radical (unpaired) electrons. The summed E-state index contributed by atoms with van der Waals surface area (Å²) < 4.78 is 4.97. The normalized spacial score (nSPS) is 18.4. The van der Waals surface area contributed by atoms with Crippen molar-refractivity contribution in [1.29, 1.82) is 0 Å². The Morgan fingerprint density at radius 2 is 1.80 bits per heavy atom. The number of nitrogens with zero attached hydrogens (tertiary/aromatic N) is 4. The molecule has 0 spiro atoms. The molecule has 0 N–H and O–H groups in total. The van der Waals surface area contributed by atoms with Crippen LogP contribution in [0.15, 0.2) is 18.3 Å². The fraction of sp³-hybridized carbons (Fsp3) is 0.611. The van der Waals surface area contributed by atoms with Crippen molar-refractivity contribution in [3.8, 4) is 0 Å². The van der Waals surface area contributed by atoms with Crippen molar-refractivity contribution < 1.29 is 14.3 Å². The van der Waals surface area contributed by atoms with Crippen molar-refractivity contribution in [2.24, 2.45) is 0 Å². The summed E-state index contributed by atoms with van der Waals surface area (Å²) in [7, 11) is 0. The van der Waals surface area contributed by atoms with E-state index >= 15 is 0 Å². The van der Waals surface area contributed by atoms with Crippen molar-refractivity contribution in [3.05, 3.63) is 23.9 Å². The zero-order valence-corrected chi connectivity index (χ0v) is 14.8. The minimum Gasteiger partial charge on any atom is -0.462 e. The zero-order chi connectivity index (χ0) is 17.6. The van der Waals surface area contributed by atoms with Gasteiger partial charge in [0.15, 0.2) is 0 Å². The number of ether oxygens (including phenoxy) is 1. The Bertz CT molecular complexity index is 591. The lowest BCUT2D eigenvalue weighted by atomic mass is 10.2. The summed E-state index contributed by atoms with van der Waals surface area (Å²) in [6.45, 7) is 7.85. The second-order valence-corrected chi connectivity index (χ2v) is 6.48. The molecule has 0 saturated carbocycles. The van der Waals surface area contributed by atoms with Gasteiger partial charge in [-0.3, -0.25) is 9.69 Å². The maximum Gasteiger partial charge on any atom is 0.339 e. The van der Waals surface area contributed by atoms with Crippen LogP contribution in [-0.4, -0.2) is 79.1 Å². The van der Waals surface area contributed by atoms with Crippen LogP contribution >= 0.6 is 0 Å². The van der Waals surface area contributed by atoms with Gasteiger partial charge in [0.2, 0.25) is 5.91 Å². The summed E-state index contributed by atoms with van der Waals surface area (Å²) in [5.74, 6) is 0.772. The molecule has 0 unspecified atom stereocenters. The van der Waals surface area contributed by atoms with E-state index in [-0.39, 0.29) is 11.9 Å². The number of likely N-dealkylation sites (tertiary alicyclic amines) is 1. The van der Waals surface area contributed by atoms with Crippen LogP contribution in [0.1, 0.15) is 30.1 Å². The molecule has 3 rings (SSSR count). The first-order chi connectivity index (χ1) is 12.2. The molecule has 1 aromatic heterocycles. The van der Waals surface area contributed by atoms with Gasteiger partial charge < -0.3 is 14.5 Å². The van der Waals surface area contributed by atoms with Gasteiger partial charge in [-0.2, -0.15) is 0 Å². The molecular formula is C18H26N4O3. The van der Waals surface area contributed by atoms with Gasteiger partial charge >= 0.3 is 5.97 Å². The van der Waals surface area contributed by atoms with Gasteiger partial charge in [0.25, 0.3) is 0 Å². The van der Waals surface area contributed by atoms with E-state index in [4.69, 9.17) is 4.74 Å². The van der Waals surface area contributed by atoms with Crippen LogP contribution in [-0.2, 0) is 9.53 Å². The number of amides is 1. The second-order valence-electron chi connectivity index (χ2n) is 6.48. The Hall–Kier alpha value is -2.15. The second kappa shape index (κ2) is 8.29. The molecule has 136 valence electrons. The van der Waals surface area contributed by atoms with Crippen molar-refractivity contribution in [2.75, 3.05) is 57.3 Å². The average molecular weight is 346 g/mol. The van der Waals surface area contributed by atoms with E-state index < -0.39 is 0 Å². The molecule has 2 saturated heterocycles. The number of esters is 1. The summed E-state index contributed by atoms with van der Waals surface area (Å²) in [5, 5.41) is 0. The number of hydrogen-bond acceptors (Lipinski definition) is 6. The fourth-order valence-electron chi connectivity index (χ4n) is 3.30. The Morgan fingerprint density at radius 1 is 1.08 bits per heavy atom. The van der Waals surface area contributed by atoms with Crippen LogP contribution in [0.3, 0.4) is 0 Å². The van der Waals surface area contributed by atoms with Gasteiger partial charge in [-0.05, 0) is 31.9 Å². The number of anilines is 1. The van der Waals surface area contributed by atoms with Crippen LogP contribution < -0.4 is 4.90 Å². The van der Waals surface area contributed by atoms with E-state index in [1.807, 2.05) is 11.0 Å². The number of hydrogen-bond donors (Lipinski definition) is 0. The van der Waals surface area contributed by atoms with E-state index in [0.29, 0.717) is 18.7 Å². The van der Waals surface area contributed by atoms with Crippen molar-refractivity contribution in [1.82, 2.24) is 14.8 Å². The van der Waals surface area contributed by atoms with Gasteiger partial charge in [0.1, 0.15) is 5.82 Å². The Kier molecular flexibility index (Phi) is 5.86. The summed E-state index contributed by atoms with van der Waals surface area (Å²) in [6.07, 6.45) is 3.83. The Morgan fingerprint density at radius 3 is 2.40 bits per heavy atom. The Labute approximate surface area is 148 Å². The highest BCUT2D eigenvalue weighted by Gasteiger charge is 2.24. The quantitative estimate of drug-likeness (QED) is 0.741. The summed E-state index contributed by atoms with van der Waals surface area (Å²) >= 11 is 0. The summed E-state index contributed by atoms with van der Waals surface area (Å²) in [4.78, 5) is 34.7. The lowest BCUT2D eigenvalue weighted by Gasteiger charge is -2.35. The number of piperazine rings is 1. The standard InChI is InChI=1S/C18H26N4O3/c1-2-25-18(24)15-5-6-16(19-13-15)21-11-9-20(10-12-21)14-17(23)22-7-3-4-8-22/h5-6,13H,2-4,7-12,14H2,1H3. The van der Waals surface area contributed by atoms with Crippen LogP contribution in [0.25, 0.3) is 0 Å². The molecule has 2 aliphatic heterocycles. The third-order valence-corrected chi connectivity index (χ3v) is 4.77. The molecule has 0 aromatic carbocycles. The average Bonchev–Trinajstić information content (AvgIpc) is 3.18. The number of aromatic nitrogens is 1. The van der Waals surface area contributed by atoms with Crippen LogP contribution in [0.4, 0.5) is 5.82 Å². The molecule has 7 heteroatoms. The predicted octanol–water partition coefficient (Wildman–Crippen LogP) is 1.00. The summed E-state index contributed by atoms with van der Waals surface area (Å²) in [5.41, 5.74) is 0.473. The van der Waals surface area contributed by atoms with E-state index in [1.54, 1.807) is 19.2 Å². The molecule has 1 aromatic rings. The molecular weight excluding hydrogens is 320 g/mol. The first kappa shape index (κ1) is 17.7. The molecule has 0 bridgehead atoms. The van der Waals surface area contributed by atoms with Crippen molar-refractivity contribution in [3.63, 3.8) is 0 Å². The van der Waals surface area contributed by atoms with Gasteiger partial charge in [-0.1, -0.05) is 0 Å². The smallest absolute Gasteiger partial charge is 0.339 e. The largest absolute Gasteiger partial charge is 0.462 e. The molecule has 0 atom stereocenters. The maximum atomic E-state index is 12.2. The number of carbonyl (C=O) groups excluding carboxylic acids is 2. The third kappa shape index (κ3) is 4.48. The SMILES string of the molecule is CCOC(=O)c1ccc(N2CCN(CC(=O)N3CCCC3)CC2)nc1.